The Hall–Kier alpha value is -1.62. The van der Waals surface area contributed by atoms with Crippen molar-refractivity contribution in [1.82, 2.24) is 5.32 Å². The number of benzene rings is 1. The first-order valence-corrected chi connectivity index (χ1v) is 6.38. The first-order chi connectivity index (χ1) is 8.70. The van der Waals surface area contributed by atoms with Gasteiger partial charge in [0.1, 0.15) is 5.60 Å². The van der Waals surface area contributed by atoms with Crippen LogP contribution >= 0.6 is 12.2 Å². The van der Waals surface area contributed by atoms with E-state index < -0.39 is 11.7 Å². The van der Waals surface area contributed by atoms with Gasteiger partial charge in [-0.1, -0.05) is 48.1 Å². The molecule has 0 aromatic heterocycles. The van der Waals surface area contributed by atoms with Crippen LogP contribution in [-0.4, -0.2) is 23.2 Å². The molecule has 0 aliphatic heterocycles. The van der Waals surface area contributed by atoms with Crippen LogP contribution in [0.25, 0.3) is 0 Å². The van der Waals surface area contributed by atoms with Crippen molar-refractivity contribution in [2.45, 2.75) is 33.3 Å². The minimum Gasteiger partial charge on any atom is -0.444 e. The summed E-state index contributed by atoms with van der Waals surface area (Å²) >= 11 is 4.56. The Kier molecular flexibility index (Phi) is 7.75. The molecule has 3 N–H and O–H groups in total. The summed E-state index contributed by atoms with van der Waals surface area (Å²) in [5.74, 6) is 0. The third kappa shape index (κ3) is 12.6. The molecule has 0 unspecified atom stereocenters. The van der Waals surface area contributed by atoms with Gasteiger partial charge in [-0.2, -0.15) is 0 Å². The van der Waals surface area contributed by atoms with Gasteiger partial charge in [0.25, 0.3) is 0 Å². The number of ether oxygens (including phenoxy) is 1. The number of thiocarbonyl (C=S) groups is 1. The molecule has 1 amide bonds. The molecule has 0 heterocycles. The van der Waals surface area contributed by atoms with E-state index >= 15 is 0 Å². The van der Waals surface area contributed by atoms with Crippen molar-refractivity contribution in [3.05, 3.63) is 35.9 Å². The molecule has 0 spiro atoms. The number of carbonyl (C=O) groups is 1. The number of amides is 1. The van der Waals surface area contributed by atoms with E-state index in [-0.39, 0.29) is 11.5 Å². The Labute approximate surface area is 120 Å². The molecule has 0 aliphatic rings. The lowest BCUT2D eigenvalue weighted by atomic mass is 10.2. The van der Waals surface area contributed by atoms with Crippen molar-refractivity contribution in [3.63, 3.8) is 0 Å². The average Bonchev–Trinajstić information content (AvgIpc) is 2.26. The number of alkyl carbamates (subject to hydrolysis) is 1. The lowest BCUT2D eigenvalue weighted by Crippen LogP contribution is -2.36. The molecular formula is C14H22N2O2S. The van der Waals surface area contributed by atoms with Crippen LogP contribution in [0.2, 0.25) is 0 Å². The van der Waals surface area contributed by atoms with E-state index in [1.165, 1.54) is 5.56 Å². The summed E-state index contributed by atoms with van der Waals surface area (Å²) in [6, 6.07) is 10.3. The number of nitrogens with two attached hydrogens (primary N) is 1. The normalized spacial score (nSPS) is 9.89. The van der Waals surface area contributed by atoms with Gasteiger partial charge in [-0.25, -0.2) is 4.79 Å². The summed E-state index contributed by atoms with van der Waals surface area (Å²) < 4.78 is 4.92. The zero-order valence-electron chi connectivity index (χ0n) is 11.9. The minimum absolute atomic E-state index is 0.171. The second-order valence-electron chi connectivity index (χ2n) is 4.98. The first kappa shape index (κ1) is 17.4. The molecule has 1 rings (SSSR count). The second kappa shape index (κ2) is 8.48. The Bertz CT molecular complexity index is 400. The van der Waals surface area contributed by atoms with Crippen LogP contribution in [0.5, 0.6) is 0 Å². The summed E-state index contributed by atoms with van der Waals surface area (Å²) in [6.45, 7) is 7.61. The molecule has 0 saturated heterocycles. The van der Waals surface area contributed by atoms with Gasteiger partial charge in [0, 0.05) is 0 Å². The van der Waals surface area contributed by atoms with Crippen molar-refractivity contribution in [3.8, 4) is 0 Å². The van der Waals surface area contributed by atoms with Gasteiger partial charge in [0.05, 0.1) is 11.5 Å². The van der Waals surface area contributed by atoms with Crippen LogP contribution in [0.1, 0.15) is 26.3 Å². The Morgan fingerprint density at radius 3 is 2.16 bits per heavy atom. The standard InChI is InChI=1S/C7H14N2O2S.C7H8/c1-7(2,3)11-6(10)9-4-5(8)12;1-7-5-3-2-4-6-7/h4H2,1-3H3,(H2,8,12)(H,9,10);2-6H,1H3. The minimum atomic E-state index is -0.504. The number of carbonyl (C=O) groups excluding carboxylic acids is 1. The van der Waals surface area contributed by atoms with Crippen molar-refractivity contribution < 1.29 is 9.53 Å². The molecule has 19 heavy (non-hydrogen) atoms. The zero-order valence-corrected chi connectivity index (χ0v) is 12.7. The Morgan fingerprint density at radius 1 is 1.32 bits per heavy atom. The molecule has 106 valence electrons. The summed E-state index contributed by atoms with van der Waals surface area (Å²) in [5, 5.41) is 2.41. The van der Waals surface area contributed by atoms with Gasteiger partial charge in [-0.15, -0.1) is 0 Å². The fourth-order valence-electron chi connectivity index (χ4n) is 1.01. The quantitative estimate of drug-likeness (QED) is 0.819. The highest BCUT2D eigenvalue weighted by Gasteiger charge is 2.15. The summed E-state index contributed by atoms with van der Waals surface area (Å²) in [4.78, 5) is 11.2. The van der Waals surface area contributed by atoms with Gasteiger partial charge in [-0.05, 0) is 27.7 Å². The molecule has 4 nitrogen and oxygen atoms in total. The van der Waals surface area contributed by atoms with Gasteiger partial charge in [0.2, 0.25) is 0 Å². The van der Waals surface area contributed by atoms with Gasteiger partial charge in [-0.3, -0.25) is 0 Å². The number of rotatable bonds is 2. The largest absolute Gasteiger partial charge is 0.444 e. The lowest BCUT2D eigenvalue weighted by molar-refractivity contribution is 0.0536. The van der Waals surface area contributed by atoms with Gasteiger partial charge < -0.3 is 15.8 Å². The van der Waals surface area contributed by atoms with E-state index in [9.17, 15) is 4.79 Å². The van der Waals surface area contributed by atoms with E-state index in [1.807, 2.05) is 18.2 Å². The molecular weight excluding hydrogens is 260 g/mol. The van der Waals surface area contributed by atoms with Gasteiger partial charge >= 0.3 is 6.09 Å². The van der Waals surface area contributed by atoms with Crippen LogP contribution in [0, 0.1) is 6.92 Å². The smallest absolute Gasteiger partial charge is 0.408 e. The van der Waals surface area contributed by atoms with Crippen LogP contribution in [0.4, 0.5) is 4.79 Å². The number of hydrogen-bond acceptors (Lipinski definition) is 3. The van der Waals surface area contributed by atoms with Crippen LogP contribution in [0.3, 0.4) is 0 Å². The van der Waals surface area contributed by atoms with Crippen molar-refractivity contribution in [1.29, 1.82) is 0 Å². The van der Waals surface area contributed by atoms with Crippen molar-refractivity contribution in [2.24, 2.45) is 5.73 Å². The summed E-state index contributed by atoms with van der Waals surface area (Å²) in [5.41, 5.74) is 6.00. The van der Waals surface area contributed by atoms with Crippen LogP contribution in [0.15, 0.2) is 30.3 Å². The topological polar surface area (TPSA) is 64.3 Å². The van der Waals surface area contributed by atoms with Gasteiger partial charge in [0.15, 0.2) is 0 Å². The van der Waals surface area contributed by atoms with E-state index in [2.05, 4.69) is 36.6 Å². The van der Waals surface area contributed by atoms with Crippen LogP contribution < -0.4 is 11.1 Å². The third-order valence-corrected chi connectivity index (χ3v) is 1.89. The van der Waals surface area contributed by atoms with E-state index in [0.29, 0.717) is 0 Å². The highest BCUT2D eigenvalue weighted by Crippen LogP contribution is 2.05. The third-order valence-electron chi connectivity index (χ3n) is 1.75. The molecule has 1 aromatic carbocycles. The molecule has 1 aromatic rings. The molecule has 0 saturated carbocycles. The number of aryl methyl sites for hydroxylation is 1. The maximum atomic E-state index is 10.9. The molecule has 0 fully saturated rings. The van der Waals surface area contributed by atoms with E-state index in [1.54, 1.807) is 20.8 Å². The molecule has 0 atom stereocenters. The predicted molar refractivity (Wildman–Crippen MR) is 82.2 cm³/mol. The first-order valence-electron chi connectivity index (χ1n) is 5.97. The summed E-state index contributed by atoms with van der Waals surface area (Å²) in [7, 11) is 0. The highest BCUT2D eigenvalue weighted by molar-refractivity contribution is 7.80. The summed E-state index contributed by atoms with van der Waals surface area (Å²) in [6.07, 6.45) is -0.504. The van der Waals surface area contributed by atoms with Crippen LogP contribution in [-0.2, 0) is 4.74 Å². The maximum absolute atomic E-state index is 10.9. The van der Waals surface area contributed by atoms with E-state index in [0.717, 1.165) is 0 Å². The lowest BCUT2D eigenvalue weighted by Gasteiger charge is -2.19. The molecule has 0 bridgehead atoms. The zero-order chi connectivity index (χ0) is 14.9. The predicted octanol–water partition coefficient (Wildman–Crippen LogP) is 2.79. The fraction of sp³-hybridized carbons (Fsp3) is 0.429. The van der Waals surface area contributed by atoms with Crippen molar-refractivity contribution >= 4 is 23.3 Å². The average molecular weight is 282 g/mol. The second-order valence-corrected chi connectivity index (χ2v) is 5.50. The van der Waals surface area contributed by atoms with E-state index in [4.69, 9.17) is 10.5 Å². The van der Waals surface area contributed by atoms with Crippen molar-refractivity contribution in [2.75, 3.05) is 6.54 Å². The maximum Gasteiger partial charge on any atom is 0.408 e. The molecule has 0 radical (unpaired) electrons. The fourth-order valence-corrected chi connectivity index (χ4v) is 1.08. The highest BCUT2D eigenvalue weighted by atomic mass is 32.1. The molecule has 5 heteroatoms. The number of nitrogens with one attached hydrogen (secondary N) is 1. The molecule has 0 aliphatic carbocycles. The Morgan fingerprint density at radius 2 is 1.84 bits per heavy atom. The number of hydrogen-bond donors (Lipinski definition) is 2. The SMILES string of the molecule is CC(C)(C)OC(=O)NCC(N)=S.Cc1ccccc1. The monoisotopic (exact) mass is 282 g/mol. The Balaban J connectivity index is 0.000000388.